The summed E-state index contributed by atoms with van der Waals surface area (Å²) in [6, 6.07) is 0.688. The van der Waals surface area contributed by atoms with Crippen LogP contribution in [0.1, 0.15) is 66.2 Å². The van der Waals surface area contributed by atoms with E-state index in [-0.39, 0.29) is 0 Å². The Kier molecular flexibility index (Phi) is 5.68. The fraction of sp³-hybridized carbons (Fsp3) is 0.889. The Labute approximate surface area is 126 Å². The summed E-state index contributed by atoms with van der Waals surface area (Å²) in [6.45, 7) is 12.7. The molecule has 2 aliphatic rings. The van der Waals surface area contributed by atoms with E-state index in [9.17, 15) is 0 Å². The number of rotatable bonds is 4. The first-order valence-corrected chi connectivity index (χ1v) is 8.64. The van der Waals surface area contributed by atoms with Gasteiger partial charge >= 0.3 is 0 Å². The minimum atomic E-state index is 0.456. The molecule has 0 bridgehead atoms. The first-order chi connectivity index (χ1) is 9.52. The predicted octanol–water partition coefficient (Wildman–Crippen LogP) is 3.98. The predicted molar refractivity (Wildman–Crippen MR) is 88.1 cm³/mol. The van der Waals surface area contributed by atoms with E-state index in [1.54, 1.807) is 0 Å². The number of hydrogen-bond acceptors (Lipinski definition) is 2. The summed E-state index contributed by atoms with van der Waals surface area (Å²) in [5, 5.41) is 3.87. The van der Waals surface area contributed by atoms with Gasteiger partial charge in [0.1, 0.15) is 0 Å². The third-order valence-corrected chi connectivity index (χ3v) is 5.09. The molecule has 2 fully saturated rings. The van der Waals surface area contributed by atoms with Crippen molar-refractivity contribution in [1.29, 1.82) is 0 Å². The maximum atomic E-state index is 3.87. The number of piperazine rings is 1. The minimum absolute atomic E-state index is 0.456. The maximum Gasteiger partial charge on any atom is 0.0338 e. The van der Waals surface area contributed by atoms with Gasteiger partial charge in [-0.25, -0.2) is 0 Å². The second-order valence-electron chi connectivity index (χ2n) is 7.68. The molecule has 0 aromatic carbocycles. The molecule has 1 atom stereocenters. The molecule has 0 amide bonds. The Morgan fingerprint density at radius 1 is 1.25 bits per heavy atom. The van der Waals surface area contributed by atoms with Gasteiger partial charge < -0.3 is 5.32 Å². The highest BCUT2D eigenvalue weighted by Crippen LogP contribution is 2.35. The van der Waals surface area contributed by atoms with E-state index >= 15 is 0 Å². The topological polar surface area (TPSA) is 15.3 Å². The van der Waals surface area contributed by atoms with Crippen molar-refractivity contribution in [1.82, 2.24) is 10.2 Å². The van der Waals surface area contributed by atoms with Crippen molar-refractivity contribution in [3.8, 4) is 0 Å². The monoisotopic (exact) mass is 278 g/mol. The number of hydrogen-bond donors (Lipinski definition) is 1. The summed E-state index contributed by atoms with van der Waals surface area (Å²) >= 11 is 0. The van der Waals surface area contributed by atoms with Crippen LogP contribution in [0.25, 0.3) is 0 Å². The molecule has 1 N–H and O–H groups in total. The number of allylic oxidation sites excluding steroid dienone is 1. The van der Waals surface area contributed by atoms with E-state index in [1.807, 2.05) is 0 Å². The third kappa shape index (κ3) is 4.08. The molecule has 1 aliphatic carbocycles. The Balaban J connectivity index is 2.05. The van der Waals surface area contributed by atoms with Crippen LogP contribution in [-0.2, 0) is 0 Å². The molecule has 2 heteroatoms. The van der Waals surface area contributed by atoms with E-state index in [0.29, 0.717) is 11.6 Å². The Morgan fingerprint density at radius 3 is 2.55 bits per heavy atom. The van der Waals surface area contributed by atoms with Crippen molar-refractivity contribution < 1.29 is 0 Å². The summed E-state index contributed by atoms with van der Waals surface area (Å²) in [5.41, 5.74) is 1.91. The summed E-state index contributed by atoms with van der Waals surface area (Å²) in [6.07, 6.45) is 10.8. The lowest BCUT2D eigenvalue weighted by atomic mass is 9.78. The van der Waals surface area contributed by atoms with Gasteiger partial charge in [-0.1, -0.05) is 44.8 Å². The normalized spacial score (nSPS) is 26.9. The van der Waals surface area contributed by atoms with Crippen LogP contribution in [-0.4, -0.2) is 36.1 Å². The summed E-state index contributed by atoms with van der Waals surface area (Å²) < 4.78 is 0. The van der Waals surface area contributed by atoms with Crippen LogP contribution in [0, 0.1) is 5.92 Å². The zero-order valence-electron chi connectivity index (χ0n) is 14.0. The van der Waals surface area contributed by atoms with Crippen LogP contribution in [0.3, 0.4) is 0 Å². The molecule has 1 heterocycles. The van der Waals surface area contributed by atoms with Crippen molar-refractivity contribution in [3.05, 3.63) is 11.6 Å². The van der Waals surface area contributed by atoms with E-state index in [0.717, 1.165) is 12.5 Å². The Hall–Kier alpha value is -0.340. The first kappa shape index (κ1) is 16.0. The lowest BCUT2D eigenvalue weighted by molar-refractivity contribution is 0.0157. The average Bonchev–Trinajstić information content (AvgIpc) is 2.40. The van der Waals surface area contributed by atoms with Crippen molar-refractivity contribution >= 4 is 0 Å². The van der Waals surface area contributed by atoms with Gasteiger partial charge in [-0.2, -0.15) is 0 Å². The van der Waals surface area contributed by atoms with Gasteiger partial charge in [0.25, 0.3) is 0 Å². The largest absolute Gasteiger partial charge is 0.311 e. The summed E-state index contributed by atoms with van der Waals surface area (Å²) in [5.74, 6) is 0.790. The molecule has 1 saturated heterocycles. The first-order valence-electron chi connectivity index (χ1n) is 8.64. The molecule has 1 aliphatic heterocycles. The minimum Gasteiger partial charge on any atom is -0.311 e. The van der Waals surface area contributed by atoms with Crippen LogP contribution in [0.15, 0.2) is 11.6 Å². The van der Waals surface area contributed by atoms with Gasteiger partial charge in [-0.15, -0.1) is 0 Å². The molecule has 20 heavy (non-hydrogen) atoms. The zero-order valence-corrected chi connectivity index (χ0v) is 14.0. The molecule has 1 saturated carbocycles. The highest BCUT2D eigenvalue weighted by atomic mass is 15.3. The average molecular weight is 278 g/mol. The van der Waals surface area contributed by atoms with Crippen LogP contribution in [0.5, 0.6) is 0 Å². The van der Waals surface area contributed by atoms with Gasteiger partial charge in [0.15, 0.2) is 0 Å². The fourth-order valence-corrected chi connectivity index (χ4v) is 3.96. The van der Waals surface area contributed by atoms with E-state index in [2.05, 4.69) is 44.0 Å². The smallest absolute Gasteiger partial charge is 0.0338 e. The highest BCUT2D eigenvalue weighted by molar-refractivity contribution is 5.04. The molecule has 0 aromatic rings. The fourth-order valence-electron chi connectivity index (χ4n) is 3.96. The Bertz CT molecular complexity index is 322. The number of nitrogens with zero attached hydrogens (tertiary/aromatic N) is 1. The quantitative estimate of drug-likeness (QED) is 0.783. The molecule has 0 radical (unpaired) electrons. The molecule has 2 nitrogen and oxygen atoms in total. The standard InChI is InChI=1S/C18H34N2/c1-15(2)8-11-20-13-17(12-16(3)4)19-14-18(20)9-6-5-7-10-18/h8,16-17,19H,5-7,9-14H2,1-4H3. The second kappa shape index (κ2) is 7.09. The molecule has 1 unspecified atom stereocenters. The third-order valence-electron chi connectivity index (χ3n) is 5.09. The number of nitrogens with one attached hydrogen (secondary N) is 1. The van der Waals surface area contributed by atoms with E-state index in [4.69, 9.17) is 0 Å². The van der Waals surface area contributed by atoms with Gasteiger partial charge in [0.05, 0.1) is 0 Å². The molecular weight excluding hydrogens is 244 g/mol. The van der Waals surface area contributed by atoms with Crippen LogP contribution in [0.2, 0.25) is 0 Å². The van der Waals surface area contributed by atoms with E-state index < -0.39 is 0 Å². The van der Waals surface area contributed by atoms with Gasteiger partial charge in [0.2, 0.25) is 0 Å². The van der Waals surface area contributed by atoms with Crippen molar-refractivity contribution in [2.24, 2.45) is 5.92 Å². The molecular formula is C18H34N2. The lowest BCUT2D eigenvalue weighted by Crippen LogP contribution is -2.65. The van der Waals surface area contributed by atoms with Crippen molar-refractivity contribution in [2.45, 2.75) is 77.8 Å². The van der Waals surface area contributed by atoms with Crippen LogP contribution < -0.4 is 5.32 Å². The second-order valence-corrected chi connectivity index (χ2v) is 7.68. The molecule has 0 aromatic heterocycles. The highest BCUT2D eigenvalue weighted by Gasteiger charge is 2.41. The summed E-state index contributed by atoms with van der Waals surface area (Å²) in [4.78, 5) is 2.81. The van der Waals surface area contributed by atoms with Crippen molar-refractivity contribution in [3.63, 3.8) is 0 Å². The summed E-state index contributed by atoms with van der Waals surface area (Å²) in [7, 11) is 0. The SMILES string of the molecule is CC(C)=CCN1CC(CC(C)C)NCC12CCCCC2. The van der Waals surface area contributed by atoms with E-state index in [1.165, 1.54) is 57.2 Å². The van der Waals surface area contributed by atoms with Gasteiger partial charge in [-0.05, 0) is 39.0 Å². The molecule has 1 spiro atoms. The lowest BCUT2D eigenvalue weighted by Gasteiger charge is -2.52. The van der Waals surface area contributed by atoms with Crippen LogP contribution in [0.4, 0.5) is 0 Å². The zero-order chi connectivity index (χ0) is 14.6. The molecule has 2 rings (SSSR count). The Morgan fingerprint density at radius 2 is 1.95 bits per heavy atom. The molecule has 116 valence electrons. The van der Waals surface area contributed by atoms with Crippen LogP contribution >= 0.6 is 0 Å². The van der Waals surface area contributed by atoms with Crippen molar-refractivity contribution in [2.75, 3.05) is 19.6 Å². The van der Waals surface area contributed by atoms with Gasteiger partial charge in [-0.3, -0.25) is 4.90 Å². The van der Waals surface area contributed by atoms with Gasteiger partial charge in [0, 0.05) is 31.2 Å². The maximum absolute atomic E-state index is 3.87.